The summed E-state index contributed by atoms with van der Waals surface area (Å²) in [6, 6.07) is 10.3. The van der Waals surface area contributed by atoms with E-state index in [4.69, 9.17) is 4.74 Å². The zero-order valence-electron chi connectivity index (χ0n) is 16.7. The smallest absolute Gasteiger partial charge is 0.119 e. The molecule has 0 aliphatic heterocycles. The summed E-state index contributed by atoms with van der Waals surface area (Å²) in [6.07, 6.45) is 6.82. The van der Waals surface area contributed by atoms with Crippen molar-refractivity contribution in [2.24, 2.45) is 0 Å². The maximum atomic E-state index is 12.1. The van der Waals surface area contributed by atoms with Crippen LogP contribution >= 0.6 is 0 Å². The number of aromatic nitrogens is 1. The predicted octanol–water partition coefficient (Wildman–Crippen LogP) is 2.66. The number of hydrogen-bond acceptors (Lipinski definition) is 3. The van der Waals surface area contributed by atoms with Crippen molar-refractivity contribution in [1.82, 2.24) is 4.57 Å². The summed E-state index contributed by atoms with van der Waals surface area (Å²) in [6.45, 7) is 4.71. The predicted molar refractivity (Wildman–Crippen MR) is 115 cm³/mol. The number of fused-ring (bicyclic) bond motifs is 1. The van der Waals surface area contributed by atoms with Gasteiger partial charge in [-0.3, -0.25) is 4.31 Å². The Labute approximate surface area is 168 Å². The highest BCUT2D eigenvalue weighted by atomic mass is 32.2. The zero-order chi connectivity index (χ0) is 20.3. The number of hydrogen-bond donors (Lipinski definition) is 0. The first-order valence-corrected chi connectivity index (χ1v) is 10.6. The minimum atomic E-state index is -1.04. The van der Waals surface area contributed by atoms with E-state index in [1.165, 1.54) is 0 Å². The quantitative estimate of drug-likeness (QED) is 0.756. The Morgan fingerprint density at radius 1 is 1.25 bits per heavy atom. The summed E-state index contributed by atoms with van der Waals surface area (Å²) in [7, 11) is 2.45. The van der Waals surface area contributed by atoms with Crippen LogP contribution in [-0.2, 0) is 22.3 Å². The van der Waals surface area contributed by atoms with Gasteiger partial charge in [-0.25, -0.2) is 4.21 Å². The van der Waals surface area contributed by atoms with Gasteiger partial charge in [-0.15, -0.1) is 0 Å². The number of allylic oxidation sites excluding steroid dienone is 2. The first-order chi connectivity index (χ1) is 13.5. The van der Waals surface area contributed by atoms with Crippen LogP contribution in [-0.4, -0.2) is 28.7 Å². The fraction of sp³-hybridized carbons (Fsp3) is 0.318. The summed E-state index contributed by atoms with van der Waals surface area (Å²) >= 11 is 0. The molecule has 0 radical (unpaired) electrons. The highest BCUT2D eigenvalue weighted by Crippen LogP contribution is 2.25. The molecule has 5 nitrogen and oxygen atoms in total. The standard InChI is InChI=1S/C22H25N3O2S/c1-5-25-21-14-18(27-4)8-7-9-19(21)20(15-23)22(25)16-10-12-17(13-11-16)24(3)28(26)6-2/h8-14H,5-7H2,1-4H3. The number of nitrogens with zero attached hydrogens (tertiary/aromatic N) is 3. The van der Waals surface area contributed by atoms with E-state index in [0.717, 1.165) is 46.2 Å². The summed E-state index contributed by atoms with van der Waals surface area (Å²) in [5, 5.41) is 11.9. The molecule has 1 unspecified atom stereocenters. The molecule has 0 fully saturated rings. The number of anilines is 1. The lowest BCUT2D eigenvalue weighted by molar-refractivity contribution is 0.312. The number of benzene rings is 1. The van der Waals surface area contributed by atoms with Crippen molar-refractivity contribution in [3.8, 4) is 17.3 Å². The van der Waals surface area contributed by atoms with Gasteiger partial charge in [0.15, 0.2) is 0 Å². The van der Waals surface area contributed by atoms with E-state index in [2.05, 4.69) is 23.6 Å². The van der Waals surface area contributed by atoms with Gasteiger partial charge in [0.2, 0.25) is 0 Å². The van der Waals surface area contributed by atoms with Crippen molar-refractivity contribution in [3.63, 3.8) is 0 Å². The van der Waals surface area contributed by atoms with Crippen LogP contribution in [0.1, 0.15) is 25.8 Å². The first-order valence-electron chi connectivity index (χ1n) is 9.36. The van der Waals surface area contributed by atoms with Gasteiger partial charge >= 0.3 is 0 Å². The lowest BCUT2D eigenvalue weighted by Gasteiger charge is -2.17. The molecule has 1 aliphatic rings. The maximum absolute atomic E-state index is 12.1. The van der Waals surface area contributed by atoms with E-state index < -0.39 is 11.0 Å². The van der Waals surface area contributed by atoms with Crippen molar-refractivity contribution < 1.29 is 8.95 Å². The summed E-state index contributed by atoms with van der Waals surface area (Å²) in [5.74, 6) is 1.38. The topological polar surface area (TPSA) is 58.3 Å². The molecule has 1 aromatic heterocycles. The van der Waals surface area contributed by atoms with Crippen molar-refractivity contribution in [2.45, 2.75) is 26.8 Å². The lowest BCUT2D eigenvalue weighted by atomic mass is 10.1. The van der Waals surface area contributed by atoms with Gasteiger partial charge < -0.3 is 9.30 Å². The fourth-order valence-electron chi connectivity index (χ4n) is 3.53. The van der Waals surface area contributed by atoms with Crippen LogP contribution in [0.5, 0.6) is 0 Å². The molecule has 0 amide bonds. The average Bonchev–Trinajstić information content (AvgIpc) is 2.87. The average molecular weight is 396 g/mol. The third-order valence-corrected chi connectivity index (χ3v) is 6.30. The minimum Gasteiger partial charge on any atom is -0.497 e. The van der Waals surface area contributed by atoms with Crippen LogP contribution in [0, 0.1) is 11.3 Å². The summed E-state index contributed by atoms with van der Waals surface area (Å²) < 4.78 is 21.4. The highest BCUT2D eigenvalue weighted by molar-refractivity contribution is 7.86. The van der Waals surface area contributed by atoms with E-state index in [-0.39, 0.29) is 0 Å². The van der Waals surface area contributed by atoms with Gasteiger partial charge in [-0.1, -0.05) is 25.1 Å². The Kier molecular flexibility index (Phi) is 6.05. The van der Waals surface area contributed by atoms with E-state index in [1.54, 1.807) is 11.4 Å². The molecule has 0 bridgehead atoms. The first kappa shape index (κ1) is 20.0. The molecule has 28 heavy (non-hydrogen) atoms. The van der Waals surface area contributed by atoms with Gasteiger partial charge in [0.1, 0.15) is 22.8 Å². The number of nitriles is 1. The Morgan fingerprint density at radius 3 is 2.54 bits per heavy atom. The van der Waals surface area contributed by atoms with Crippen molar-refractivity contribution in [2.75, 3.05) is 24.2 Å². The van der Waals surface area contributed by atoms with Crippen LogP contribution < -0.4 is 14.9 Å². The van der Waals surface area contributed by atoms with E-state index in [9.17, 15) is 9.47 Å². The molecule has 0 N–H and O–H groups in total. The molecule has 0 saturated heterocycles. The second-order valence-electron chi connectivity index (χ2n) is 6.43. The number of methoxy groups -OCH3 is 1. The molecule has 0 saturated carbocycles. The van der Waals surface area contributed by atoms with Crippen LogP contribution in [0.15, 0.2) is 36.1 Å². The third-order valence-electron chi connectivity index (χ3n) is 4.98. The maximum Gasteiger partial charge on any atom is 0.119 e. The summed E-state index contributed by atoms with van der Waals surface area (Å²) in [5.41, 5.74) is 3.44. The van der Waals surface area contributed by atoms with Crippen LogP contribution in [0.25, 0.3) is 23.4 Å². The SMILES string of the molecule is CCn1c(-c2ccc(N(C)S(=O)CC)cc2)c(C#N)c2c1=CC(OC)=CCC=2. The molecular weight excluding hydrogens is 370 g/mol. The Bertz CT molecular complexity index is 1090. The number of ether oxygens (including phenoxy) is 1. The molecule has 1 aliphatic carbocycles. The third kappa shape index (κ3) is 3.50. The highest BCUT2D eigenvalue weighted by Gasteiger charge is 2.17. The van der Waals surface area contributed by atoms with Gasteiger partial charge in [-0.05, 0) is 37.1 Å². The van der Waals surface area contributed by atoms with E-state index in [1.807, 2.05) is 50.4 Å². The van der Waals surface area contributed by atoms with Gasteiger partial charge in [-0.2, -0.15) is 5.26 Å². The van der Waals surface area contributed by atoms with Crippen molar-refractivity contribution in [3.05, 3.63) is 52.2 Å². The molecule has 1 atom stereocenters. The molecule has 1 aromatic carbocycles. The molecule has 146 valence electrons. The monoisotopic (exact) mass is 395 g/mol. The van der Waals surface area contributed by atoms with Gasteiger partial charge in [0, 0.05) is 36.3 Å². The lowest BCUT2D eigenvalue weighted by Crippen LogP contribution is -2.29. The largest absolute Gasteiger partial charge is 0.497 e. The van der Waals surface area contributed by atoms with E-state index in [0.29, 0.717) is 11.3 Å². The Morgan fingerprint density at radius 2 is 1.96 bits per heavy atom. The zero-order valence-corrected chi connectivity index (χ0v) is 17.5. The molecular formula is C22H25N3O2S. The van der Waals surface area contributed by atoms with E-state index >= 15 is 0 Å². The normalized spacial score (nSPS) is 13.9. The Balaban J connectivity index is 2.19. The van der Waals surface area contributed by atoms with Crippen LogP contribution in [0.4, 0.5) is 5.69 Å². The molecule has 6 heteroatoms. The van der Waals surface area contributed by atoms with Crippen LogP contribution in [0.2, 0.25) is 0 Å². The Hall–Kier alpha value is -2.78. The molecule has 1 heterocycles. The molecule has 3 rings (SSSR count). The second-order valence-corrected chi connectivity index (χ2v) is 8.20. The van der Waals surface area contributed by atoms with Crippen molar-refractivity contribution >= 4 is 28.8 Å². The van der Waals surface area contributed by atoms with Crippen LogP contribution in [0.3, 0.4) is 0 Å². The molecule has 0 spiro atoms. The summed E-state index contributed by atoms with van der Waals surface area (Å²) in [4.78, 5) is 0. The second kappa shape index (κ2) is 8.49. The fourth-order valence-corrected chi connectivity index (χ4v) is 4.27. The number of rotatable bonds is 6. The minimum absolute atomic E-state index is 0.573. The van der Waals surface area contributed by atoms with Gasteiger partial charge in [0.05, 0.1) is 23.7 Å². The van der Waals surface area contributed by atoms with Crippen molar-refractivity contribution in [1.29, 1.82) is 5.26 Å². The molecule has 2 aromatic rings. The van der Waals surface area contributed by atoms with Gasteiger partial charge in [0.25, 0.3) is 0 Å².